The Morgan fingerprint density at radius 3 is 2.12 bits per heavy atom. The van der Waals surface area contributed by atoms with E-state index in [0.717, 1.165) is 18.7 Å². The highest BCUT2D eigenvalue weighted by molar-refractivity contribution is 5.92. The van der Waals surface area contributed by atoms with Crippen LogP contribution in [0.3, 0.4) is 0 Å². The highest BCUT2D eigenvalue weighted by Gasteiger charge is 2.21. The van der Waals surface area contributed by atoms with Crippen molar-refractivity contribution in [3.63, 3.8) is 0 Å². The van der Waals surface area contributed by atoms with Crippen molar-refractivity contribution in [3.8, 4) is 0 Å². The zero-order valence-electron chi connectivity index (χ0n) is 11.5. The Bertz CT molecular complexity index is 356. The first-order valence-corrected chi connectivity index (χ1v) is 6.25. The molecule has 1 heterocycles. The van der Waals surface area contributed by atoms with E-state index < -0.39 is 0 Å². The van der Waals surface area contributed by atoms with Crippen LogP contribution in [-0.4, -0.2) is 23.9 Å². The van der Waals surface area contributed by atoms with Crippen LogP contribution < -0.4 is 0 Å². The van der Waals surface area contributed by atoms with E-state index in [9.17, 15) is 4.79 Å². The molecule has 1 rings (SSSR count). The fraction of sp³-hybridized carbons (Fsp3) is 0.643. The van der Waals surface area contributed by atoms with E-state index >= 15 is 0 Å². The molecule has 0 aliphatic rings. The van der Waals surface area contributed by atoms with Crippen molar-refractivity contribution in [2.45, 2.75) is 34.6 Å². The molecular formula is C14H23NO2. The summed E-state index contributed by atoms with van der Waals surface area (Å²) < 4.78 is 5.28. The van der Waals surface area contributed by atoms with Crippen LogP contribution in [0, 0.1) is 18.8 Å². The Labute approximate surface area is 104 Å². The molecule has 17 heavy (non-hydrogen) atoms. The molecule has 0 spiro atoms. The topological polar surface area (TPSA) is 33.5 Å². The molecular weight excluding hydrogens is 214 g/mol. The molecule has 0 bridgehead atoms. The average molecular weight is 237 g/mol. The van der Waals surface area contributed by atoms with E-state index in [1.807, 2.05) is 17.9 Å². The smallest absolute Gasteiger partial charge is 0.289 e. The predicted octanol–water partition coefficient (Wildman–Crippen LogP) is 3.34. The Balaban J connectivity index is 2.82. The molecule has 0 saturated carbocycles. The summed E-state index contributed by atoms with van der Waals surface area (Å²) in [6.45, 7) is 11.9. The minimum atomic E-state index is 0.00917. The van der Waals surface area contributed by atoms with E-state index in [1.54, 1.807) is 6.26 Å². The Morgan fingerprint density at radius 1 is 1.24 bits per heavy atom. The number of hydrogen-bond acceptors (Lipinski definition) is 2. The molecule has 3 heteroatoms. The van der Waals surface area contributed by atoms with E-state index in [4.69, 9.17) is 4.42 Å². The third-order valence-electron chi connectivity index (χ3n) is 2.51. The van der Waals surface area contributed by atoms with E-state index in [-0.39, 0.29) is 5.91 Å². The van der Waals surface area contributed by atoms with Crippen LogP contribution >= 0.6 is 0 Å². The summed E-state index contributed by atoms with van der Waals surface area (Å²) in [5, 5.41) is 0. The zero-order chi connectivity index (χ0) is 13.0. The van der Waals surface area contributed by atoms with E-state index in [0.29, 0.717) is 17.6 Å². The fourth-order valence-corrected chi connectivity index (χ4v) is 1.86. The van der Waals surface area contributed by atoms with Gasteiger partial charge in [-0.1, -0.05) is 27.7 Å². The maximum absolute atomic E-state index is 12.3. The first kappa shape index (κ1) is 13.8. The predicted molar refractivity (Wildman–Crippen MR) is 69.0 cm³/mol. The van der Waals surface area contributed by atoms with Crippen molar-refractivity contribution < 1.29 is 9.21 Å². The molecule has 0 fully saturated rings. The van der Waals surface area contributed by atoms with Gasteiger partial charge in [0.15, 0.2) is 5.76 Å². The number of amides is 1. The molecule has 0 atom stereocenters. The van der Waals surface area contributed by atoms with Crippen LogP contribution in [-0.2, 0) is 0 Å². The number of carbonyl (C=O) groups excluding carboxylic acids is 1. The Kier molecular flexibility index (Phi) is 4.79. The number of nitrogens with zero attached hydrogens (tertiary/aromatic N) is 1. The van der Waals surface area contributed by atoms with E-state index in [1.165, 1.54) is 0 Å². The van der Waals surface area contributed by atoms with Crippen molar-refractivity contribution in [1.82, 2.24) is 4.90 Å². The molecule has 1 amide bonds. The number of aryl methyl sites for hydroxylation is 1. The Morgan fingerprint density at radius 2 is 1.76 bits per heavy atom. The summed E-state index contributed by atoms with van der Waals surface area (Å²) in [7, 11) is 0. The minimum Gasteiger partial charge on any atom is -0.459 e. The van der Waals surface area contributed by atoms with E-state index in [2.05, 4.69) is 27.7 Å². The summed E-state index contributed by atoms with van der Waals surface area (Å²) in [6.07, 6.45) is 1.57. The standard InChI is InChI=1S/C14H23NO2/c1-10(2)8-15(9-11(3)4)14(16)13-12(5)6-7-17-13/h6-7,10-11H,8-9H2,1-5H3. The lowest BCUT2D eigenvalue weighted by Gasteiger charge is -2.25. The van der Waals surface area contributed by atoms with Gasteiger partial charge in [0.2, 0.25) is 0 Å². The lowest BCUT2D eigenvalue weighted by molar-refractivity contribution is 0.0682. The SMILES string of the molecule is Cc1ccoc1C(=O)N(CC(C)C)CC(C)C. The first-order chi connectivity index (χ1) is 7.91. The maximum Gasteiger partial charge on any atom is 0.289 e. The second-order valence-electron chi connectivity index (χ2n) is 5.43. The molecule has 96 valence electrons. The second kappa shape index (κ2) is 5.89. The summed E-state index contributed by atoms with van der Waals surface area (Å²) in [5.41, 5.74) is 0.910. The Hall–Kier alpha value is -1.25. The normalized spacial score (nSPS) is 11.2. The lowest BCUT2D eigenvalue weighted by atomic mass is 10.1. The van der Waals surface area contributed by atoms with Gasteiger partial charge in [0, 0.05) is 18.7 Å². The molecule has 0 aliphatic carbocycles. The maximum atomic E-state index is 12.3. The van der Waals surface area contributed by atoms with Gasteiger partial charge in [-0.2, -0.15) is 0 Å². The van der Waals surface area contributed by atoms with Crippen molar-refractivity contribution in [2.75, 3.05) is 13.1 Å². The fourth-order valence-electron chi connectivity index (χ4n) is 1.86. The molecule has 0 radical (unpaired) electrons. The molecule has 1 aromatic heterocycles. The monoisotopic (exact) mass is 237 g/mol. The van der Waals surface area contributed by atoms with Gasteiger partial charge < -0.3 is 9.32 Å². The molecule has 1 aromatic rings. The number of hydrogen-bond donors (Lipinski definition) is 0. The van der Waals surface area contributed by atoms with Crippen molar-refractivity contribution in [2.24, 2.45) is 11.8 Å². The third kappa shape index (κ3) is 3.91. The minimum absolute atomic E-state index is 0.00917. The van der Waals surface area contributed by atoms with Crippen molar-refractivity contribution >= 4 is 5.91 Å². The molecule has 3 nitrogen and oxygen atoms in total. The van der Waals surface area contributed by atoms with Crippen molar-refractivity contribution in [1.29, 1.82) is 0 Å². The quantitative estimate of drug-likeness (QED) is 0.787. The van der Waals surface area contributed by atoms with Gasteiger partial charge in [-0.05, 0) is 24.8 Å². The summed E-state index contributed by atoms with van der Waals surface area (Å²) in [6, 6.07) is 1.83. The zero-order valence-corrected chi connectivity index (χ0v) is 11.5. The molecule has 0 aromatic carbocycles. The van der Waals surface area contributed by atoms with Crippen LogP contribution in [0.5, 0.6) is 0 Å². The van der Waals surface area contributed by atoms with Gasteiger partial charge in [0.25, 0.3) is 5.91 Å². The molecule has 0 aliphatic heterocycles. The van der Waals surface area contributed by atoms with Crippen molar-refractivity contribution in [3.05, 3.63) is 23.7 Å². The molecule has 0 unspecified atom stereocenters. The summed E-state index contributed by atoms with van der Waals surface area (Å²) >= 11 is 0. The van der Waals surface area contributed by atoms with Gasteiger partial charge in [-0.3, -0.25) is 4.79 Å². The summed E-state index contributed by atoms with van der Waals surface area (Å²) in [5.74, 6) is 1.42. The highest BCUT2D eigenvalue weighted by Crippen LogP contribution is 2.14. The van der Waals surface area contributed by atoms with Crippen LogP contribution in [0.15, 0.2) is 16.7 Å². The number of rotatable bonds is 5. The largest absolute Gasteiger partial charge is 0.459 e. The van der Waals surface area contributed by atoms with Crippen LogP contribution in [0.1, 0.15) is 43.8 Å². The molecule has 0 saturated heterocycles. The number of carbonyl (C=O) groups is 1. The average Bonchev–Trinajstić information content (AvgIpc) is 2.61. The molecule has 0 N–H and O–H groups in total. The second-order valence-corrected chi connectivity index (χ2v) is 5.43. The highest BCUT2D eigenvalue weighted by atomic mass is 16.3. The number of furan rings is 1. The van der Waals surface area contributed by atoms with Crippen LogP contribution in [0.4, 0.5) is 0 Å². The van der Waals surface area contributed by atoms with Crippen LogP contribution in [0.2, 0.25) is 0 Å². The third-order valence-corrected chi connectivity index (χ3v) is 2.51. The lowest BCUT2D eigenvalue weighted by Crippen LogP contribution is -2.37. The van der Waals surface area contributed by atoms with Gasteiger partial charge in [0.05, 0.1) is 6.26 Å². The van der Waals surface area contributed by atoms with Crippen LogP contribution in [0.25, 0.3) is 0 Å². The van der Waals surface area contributed by atoms with Gasteiger partial charge in [0.1, 0.15) is 0 Å². The van der Waals surface area contributed by atoms with Gasteiger partial charge >= 0.3 is 0 Å². The van der Waals surface area contributed by atoms with Gasteiger partial charge in [-0.25, -0.2) is 0 Å². The van der Waals surface area contributed by atoms with Gasteiger partial charge in [-0.15, -0.1) is 0 Å². The summed E-state index contributed by atoms with van der Waals surface area (Å²) in [4.78, 5) is 14.2. The first-order valence-electron chi connectivity index (χ1n) is 6.25.